The van der Waals surface area contributed by atoms with Gasteiger partial charge in [0.2, 0.25) is 10.0 Å². The molecule has 6 nitrogen and oxygen atoms in total. The molecule has 2 heterocycles. The van der Waals surface area contributed by atoms with Crippen LogP contribution in [0, 0.1) is 0 Å². The molecule has 0 saturated carbocycles. The Kier molecular flexibility index (Phi) is 6.18. The first-order chi connectivity index (χ1) is 12.9. The van der Waals surface area contributed by atoms with E-state index in [4.69, 9.17) is 4.74 Å². The van der Waals surface area contributed by atoms with Crippen LogP contribution in [0.25, 0.3) is 0 Å². The van der Waals surface area contributed by atoms with Gasteiger partial charge >= 0.3 is 0 Å². The normalized spacial score (nSPS) is 15.5. The number of methoxy groups -OCH3 is 1. The van der Waals surface area contributed by atoms with Gasteiger partial charge in [-0.3, -0.25) is 4.79 Å². The molecule has 2 aromatic rings. The Morgan fingerprint density at radius 1 is 1.22 bits per heavy atom. The first kappa shape index (κ1) is 19.9. The number of ether oxygens (including phenoxy) is 1. The van der Waals surface area contributed by atoms with E-state index < -0.39 is 10.0 Å². The molecule has 1 aromatic carbocycles. The van der Waals surface area contributed by atoms with Gasteiger partial charge in [0.05, 0.1) is 7.11 Å². The van der Waals surface area contributed by atoms with Crippen LogP contribution in [0.3, 0.4) is 0 Å². The fourth-order valence-electron chi connectivity index (χ4n) is 3.19. The second kappa shape index (κ2) is 8.41. The van der Waals surface area contributed by atoms with Crippen molar-refractivity contribution >= 4 is 27.3 Å². The number of thiophene rings is 1. The van der Waals surface area contributed by atoms with Crippen LogP contribution in [0.5, 0.6) is 5.75 Å². The van der Waals surface area contributed by atoms with E-state index in [-0.39, 0.29) is 15.7 Å². The molecule has 0 bridgehead atoms. The van der Waals surface area contributed by atoms with Gasteiger partial charge in [-0.2, -0.15) is 4.31 Å². The number of nitrogens with zero attached hydrogens (tertiary/aromatic N) is 2. The highest BCUT2D eigenvalue weighted by Crippen LogP contribution is 2.28. The zero-order chi connectivity index (χ0) is 19.4. The molecule has 1 aromatic heterocycles. The highest BCUT2D eigenvalue weighted by molar-refractivity contribution is 7.89. The third-order valence-electron chi connectivity index (χ3n) is 4.66. The third-order valence-corrected chi connectivity index (χ3v) is 7.63. The molecule has 27 heavy (non-hydrogen) atoms. The smallest absolute Gasteiger partial charge is 0.265 e. The standard InChI is InChI=1S/C19H24N2O4S2/c1-20(14-15-7-6-8-16(13-15)25-2)19(22)18-17(9-12-26-18)27(23,24)21-10-4-3-5-11-21/h6-9,12-13H,3-5,10-11,14H2,1-2H3. The summed E-state index contributed by atoms with van der Waals surface area (Å²) in [5.74, 6) is 0.432. The second-order valence-corrected chi connectivity index (χ2v) is 9.41. The van der Waals surface area contributed by atoms with Crippen LogP contribution in [-0.4, -0.2) is 50.8 Å². The molecule has 1 aliphatic heterocycles. The summed E-state index contributed by atoms with van der Waals surface area (Å²) in [6.45, 7) is 1.41. The molecule has 3 rings (SSSR count). The number of piperidine rings is 1. The quantitative estimate of drug-likeness (QED) is 0.736. The number of benzene rings is 1. The average Bonchev–Trinajstić information content (AvgIpc) is 3.19. The van der Waals surface area contributed by atoms with Crippen molar-refractivity contribution in [1.82, 2.24) is 9.21 Å². The molecule has 0 atom stereocenters. The molecule has 1 amide bonds. The van der Waals surface area contributed by atoms with E-state index >= 15 is 0 Å². The highest BCUT2D eigenvalue weighted by atomic mass is 32.2. The average molecular weight is 409 g/mol. The van der Waals surface area contributed by atoms with Crippen LogP contribution < -0.4 is 4.74 Å². The molecule has 0 unspecified atom stereocenters. The number of hydrogen-bond acceptors (Lipinski definition) is 5. The van der Waals surface area contributed by atoms with Crippen LogP contribution in [0.15, 0.2) is 40.6 Å². The largest absolute Gasteiger partial charge is 0.497 e. The van der Waals surface area contributed by atoms with E-state index in [9.17, 15) is 13.2 Å². The fraction of sp³-hybridized carbons (Fsp3) is 0.421. The van der Waals surface area contributed by atoms with Gasteiger partial charge in [-0.25, -0.2) is 8.42 Å². The van der Waals surface area contributed by atoms with Gasteiger partial charge in [-0.15, -0.1) is 11.3 Å². The van der Waals surface area contributed by atoms with Gasteiger partial charge in [-0.05, 0) is 42.0 Å². The number of carbonyl (C=O) groups is 1. The summed E-state index contributed by atoms with van der Waals surface area (Å²) in [5.41, 5.74) is 0.919. The van der Waals surface area contributed by atoms with Crippen molar-refractivity contribution in [3.05, 3.63) is 46.2 Å². The predicted molar refractivity (Wildman–Crippen MR) is 106 cm³/mol. The third kappa shape index (κ3) is 4.34. The van der Waals surface area contributed by atoms with Gasteiger partial charge in [0.1, 0.15) is 15.5 Å². The van der Waals surface area contributed by atoms with Gasteiger partial charge in [-0.1, -0.05) is 18.6 Å². The summed E-state index contributed by atoms with van der Waals surface area (Å²) >= 11 is 1.17. The van der Waals surface area contributed by atoms with Crippen molar-refractivity contribution in [1.29, 1.82) is 0 Å². The van der Waals surface area contributed by atoms with Crippen molar-refractivity contribution in [2.75, 3.05) is 27.2 Å². The molecule has 0 spiro atoms. The van der Waals surface area contributed by atoms with Crippen molar-refractivity contribution in [3.63, 3.8) is 0 Å². The lowest BCUT2D eigenvalue weighted by atomic mass is 10.2. The lowest BCUT2D eigenvalue weighted by Crippen LogP contribution is -2.36. The Bertz CT molecular complexity index is 902. The molecule has 1 saturated heterocycles. The first-order valence-corrected chi connectivity index (χ1v) is 11.2. The maximum absolute atomic E-state index is 13.0. The molecule has 0 aliphatic carbocycles. The molecule has 8 heteroatoms. The molecule has 1 aliphatic rings. The van der Waals surface area contributed by atoms with Crippen LogP contribution in [-0.2, 0) is 16.6 Å². The summed E-state index contributed by atoms with van der Waals surface area (Å²) in [6.07, 6.45) is 2.77. The highest BCUT2D eigenvalue weighted by Gasteiger charge is 2.31. The van der Waals surface area contributed by atoms with Crippen molar-refractivity contribution in [3.8, 4) is 5.75 Å². The Hall–Kier alpha value is -1.90. The number of hydrogen-bond donors (Lipinski definition) is 0. The fourth-order valence-corrected chi connectivity index (χ4v) is 6.10. The Morgan fingerprint density at radius 2 is 1.96 bits per heavy atom. The topological polar surface area (TPSA) is 66.9 Å². The predicted octanol–water partition coefficient (Wildman–Crippen LogP) is 3.20. The zero-order valence-electron chi connectivity index (χ0n) is 15.6. The number of carbonyl (C=O) groups excluding carboxylic acids is 1. The van der Waals surface area contributed by atoms with Gasteiger partial charge in [0.25, 0.3) is 5.91 Å². The maximum Gasteiger partial charge on any atom is 0.265 e. The van der Waals surface area contributed by atoms with Crippen LogP contribution in [0.1, 0.15) is 34.5 Å². The lowest BCUT2D eigenvalue weighted by Gasteiger charge is -2.26. The summed E-state index contributed by atoms with van der Waals surface area (Å²) < 4.78 is 32.7. The van der Waals surface area contributed by atoms with Crippen LogP contribution >= 0.6 is 11.3 Å². The SMILES string of the molecule is COc1cccc(CN(C)C(=O)c2sccc2S(=O)(=O)N2CCCCC2)c1. The zero-order valence-corrected chi connectivity index (χ0v) is 17.2. The van der Waals surface area contributed by atoms with E-state index in [1.807, 2.05) is 24.3 Å². The minimum absolute atomic E-state index is 0.122. The van der Waals surface area contributed by atoms with Crippen LogP contribution in [0.2, 0.25) is 0 Å². The minimum atomic E-state index is -3.64. The van der Waals surface area contributed by atoms with Crippen LogP contribution in [0.4, 0.5) is 0 Å². The molecule has 146 valence electrons. The van der Waals surface area contributed by atoms with Gasteiger partial charge < -0.3 is 9.64 Å². The van der Waals surface area contributed by atoms with E-state index in [1.165, 1.54) is 20.5 Å². The monoisotopic (exact) mass is 408 g/mol. The Balaban J connectivity index is 1.80. The minimum Gasteiger partial charge on any atom is -0.497 e. The molecular formula is C19H24N2O4S2. The first-order valence-electron chi connectivity index (χ1n) is 8.89. The number of amides is 1. The summed E-state index contributed by atoms with van der Waals surface area (Å²) in [6, 6.07) is 9.02. The Labute approximate surface area is 164 Å². The Morgan fingerprint density at radius 3 is 2.67 bits per heavy atom. The van der Waals surface area contributed by atoms with Gasteiger partial charge in [0, 0.05) is 26.7 Å². The van der Waals surface area contributed by atoms with Crippen molar-refractivity contribution < 1.29 is 17.9 Å². The van der Waals surface area contributed by atoms with E-state index in [0.29, 0.717) is 19.6 Å². The van der Waals surface area contributed by atoms with E-state index in [1.54, 1.807) is 25.6 Å². The van der Waals surface area contributed by atoms with Crippen molar-refractivity contribution in [2.24, 2.45) is 0 Å². The van der Waals surface area contributed by atoms with E-state index in [0.717, 1.165) is 30.6 Å². The number of sulfonamides is 1. The van der Waals surface area contributed by atoms with Crippen molar-refractivity contribution in [2.45, 2.75) is 30.7 Å². The lowest BCUT2D eigenvalue weighted by molar-refractivity contribution is 0.0786. The number of rotatable bonds is 6. The molecule has 0 N–H and O–H groups in total. The molecular weight excluding hydrogens is 384 g/mol. The van der Waals surface area contributed by atoms with E-state index in [2.05, 4.69) is 0 Å². The molecule has 0 radical (unpaired) electrons. The van der Waals surface area contributed by atoms with Gasteiger partial charge in [0.15, 0.2) is 0 Å². The summed E-state index contributed by atoms with van der Waals surface area (Å²) in [5, 5.41) is 1.67. The maximum atomic E-state index is 13.0. The summed E-state index contributed by atoms with van der Waals surface area (Å²) in [7, 11) is -0.361. The second-order valence-electron chi connectivity index (χ2n) is 6.59. The molecule has 1 fully saturated rings. The summed E-state index contributed by atoms with van der Waals surface area (Å²) in [4.78, 5) is 14.9.